The Morgan fingerprint density at radius 1 is 1.22 bits per heavy atom. The van der Waals surface area contributed by atoms with E-state index in [1.807, 2.05) is 4.98 Å². The first kappa shape index (κ1) is 19.4. The Kier molecular flexibility index (Phi) is 5.70. The van der Waals surface area contributed by atoms with Crippen molar-refractivity contribution in [2.45, 2.75) is 6.92 Å². The molecule has 0 unspecified atom stereocenters. The van der Waals surface area contributed by atoms with Crippen LogP contribution in [0.4, 0.5) is 11.4 Å². The number of rotatable bonds is 6. The van der Waals surface area contributed by atoms with Crippen LogP contribution in [0, 0.1) is 17.0 Å². The lowest BCUT2D eigenvalue weighted by Crippen LogP contribution is -2.27. The van der Waals surface area contributed by atoms with E-state index in [1.54, 1.807) is 0 Å². The number of anilines is 1. The molecule has 1 aromatic heterocycles. The molecule has 2 rings (SSSR count). The van der Waals surface area contributed by atoms with Gasteiger partial charge < -0.3 is 19.8 Å². The molecule has 0 radical (unpaired) electrons. The number of nitro benzene ring substituents is 1. The molecule has 12 nitrogen and oxygen atoms in total. The molecule has 0 saturated carbocycles. The summed E-state index contributed by atoms with van der Waals surface area (Å²) in [6, 6.07) is 3.30. The highest BCUT2D eigenvalue weighted by atomic mass is 16.6. The third kappa shape index (κ3) is 4.78. The van der Waals surface area contributed by atoms with Crippen molar-refractivity contribution in [3.8, 4) is 5.75 Å². The number of esters is 1. The third-order valence-corrected chi connectivity index (χ3v) is 3.31. The Balaban J connectivity index is 2.07. The fourth-order valence-corrected chi connectivity index (χ4v) is 2.09. The Hall–Kier alpha value is -3.96. The summed E-state index contributed by atoms with van der Waals surface area (Å²) in [6.45, 7) is 0.821. The summed E-state index contributed by atoms with van der Waals surface area (Å²) < 4.78 is 9.63. The number of hydrogen-bond acceptors (Lipinski definition) is 8. The van der Waals surface area contributed by atoms with Crippen LogP contribution in [0.5, 0.6) is 5.75 Å². The summed E-state index contributed by atoms with van der Waals surface area (Å²) in [4.78, 5) is 60.3. The molecular formula is C15H14N4O8. The maximum Gasteiger partial charge on any atom is 0.355 e. The number of H-pyrrole nitrogens is 2. The van der Waals surface area contributed by atoms with Gasteiger partial charge in [-0.15, -0.1) is 0 Å². The highest BCUT2D eigenvalue weighted by Crippen LogP contribution is 2.32. The first-order valence-corrected chi connectivity index (χ1v) is 7.35. The van der Waals surface area contributed by atoms with Crippen LogP contribution in [0.3, 0.4) is 0 Å². The number of carbonyl (C=O) groups is 2. The topological polar surface area (TPSA) is 173 Å². The molecule has 0 aliphatic carbocycles. The number of ether oxygens (including phenoxy) is 2. The summed E-state index contributed by atoms with van der Waals surface area (Å²) in [5.41, 5.74) is -1.76. The van der Waals surface area contributed by atoms with Crippen LogP contribution in [-0.4, -0.2) is 40.5 Å². The van der Waals surface area contributed by atoms with Gasteiger partial charge in [-0.2, -0.15) is 0 Å². The van der Waals surface area contributed by atoms with E-state index in [9.17, 15) is 29.3 Å². The number of hydrogen-bond donors (Lipinski definition) is 3. The van der Waals surface area contributed by atoms with Crippen molar-refractivity contribution in [1.29, 1.82) is 0 Å². The van der Waals surface area contributed by atoms with Gasteiger partial charge >= 0.3 is 17.3 Å². The lowest BCUT2D eigenvalue weighted by Gasteiger charge is -2.11. The van der Waals surface area contributed by atoms with E-state index in [1.165, 1.54) is 26.2 Å². The van der Waals surface area contributed by atoms with Crippen molar-refractivity contribution in [3.05, 3.63) is 60.4 Å². The van der Waals surface area contributed by atoms with Gasteiger partial charge in [0, 0.05) is 23.9 Å². The number of aromatic amines is 2. The number of aryl methyl sites for hydroxylation is 1. The zero-order chi connectivity index (χ0) is 20.1. The summed E-state index contributed by atoms with van der Waals surface area (Å²) >= 11 is 0. The summed E-state index contributed by atoms with van der Waals surface area (Å²) in [5.74, 6) is -1.88. The molecule has 0 atom stereocenters. The normalized spacial score (nSPS) is 10.1. The molecule has 0 bridgehead atoms. The molecular weight excluding hydrogens is 364 g/mol. The molecule has 1 amide bonds. The van der Waals surface area contributed by atoms with E-state index < -0.39 is 40.3 Å². The molecule has 3 N–H and O–H groups in total. The van der Waals surface area contributed by atoms with Gasteiger partial charge in [0.25, 0.3) is 11.5 Å². The van der Waals surface area contributed by atoms with Gasteiger partial charge in [0.1, 0.15) is 5.69 Å². The fraction of sp³-hybridized carbons (Fsp3) is 0.200. The van der Waals surface area contributed by atoms with Crippen molar-refractivity contribution in [3.63, 3.8) is 0 Å². The minimum Gasteiger partial charge on any atom is -0.490 e. The molecule has 0 aliphatic rings. The number of nitro groups is 1. The number of methoxy groups -OCH3 is 1. The van der Waals surface area contributed by atoms with Gasteiger partial charge in [-0.3, -0.25) is 24.7 Å². The van der Waals surface area contributed by atoms with E-state index in [2.05, 4.69) is 10.3 Å². The number of nitrogens with zero attached hydrogens (tertiary/aromatic N) is 1. The summed E-state index contributed by atoms with van der Waals surface area (Å²) in [7, 11) is 1.24. The van der Waals surface area contributed by atoms with E-state index in [-0.39, 0.29) is 17.1 Å². The molecule has 0 spiro atoms. The van der Waals surface area contributed by atoms with Crippen molar-refractivity contribution in [1.82, 2.24) is 9.97 Å². The second-order valence-corrected chi connectivity index (χ2v) is 5.22. The average molecular weight is 378 g/mol. The lowest BCUT2D eigenvalue weighted by molar-refractivity contribution is -0.385. The molecule has 142 valence electrons. The molecule has 0 aliphatic heterocycles. The zero-order valence-electron chi connectivity index (χ0n) is 14.2. The lowest BCUT2D eigenvalue weighted by atomic mass is 10.1. The van der Waals surface area contributed by atoms with Gasteiger partial charge in [-0.25, -0.2) is 9.59 Å². The molecule has 27 heavy (non-hydrogen) atoms. The van der Waals surface area contributed by atoms with E-state index in [0.29, 0.717) is 5.56 Å². The quantitative estimate of drug-likeness (QED) is 0.360. The van der Waals surface area contributed by atoms with Gasteiger partial charge in [-0.05, 0) is 12.5 Å². The number of carbonyl (C=O) groups excluding carboxylic acids is 2. The summed E-state index contributed by atoms with van der Waals surface area (Å²) in [6.07, 6.45) is 0. The largest absolute Gasteiger partial charge is 0.490 e. The number of amides is 1. The van der Waals surface area contributed by atoms with Crippen LogP contribution in [0.25, 0.3) is 0 Å². The number of aromatic nitrogens is 2. The van der Waals surface area contributed by atoms with Crippen molar-refractivity contribution >= 4 is 23.3 Å². The van der Waals surface area contributed by atoms with Crippen molar-refractivity contribution in [2.75, 3.05) is 19.0 Å². The van der Waals surface area contributed by atoms with Gasteiger partial charge in [0.05, 0.1) is 12.0 Å². The second kappa shape index (κ2) is 7.95. The molecule has 1 aromatic carbocycles. The number of benzene rings is 1. The molecule has 12 heteroatoms. The van der Waals surface area contributed by atoms with Crippen LogP contribution in [0.2, 0.25) is 0 Å². The molecule has 0 saturated heterocycles. The minimum atomic E-state index is -1.08. The number of nitrogens with one attached hydrogen (secondary N) is 3. The van der Waals surface area contributed by atoms with Crippen LogP contribution in [-0.2, 0) is 9.53 Å². The molecule has 0 fully saturated rings. The van der Waals surface area contributed by atoms with E-state index >= 15 is 0 Å². The van der Waals surface area contributed by atoms with Crippen molar-refractivity contribution in [2.24, 2.45) is 0 Å². The Labute approximate surface area is 150 Å². The third-order valence-electron chi connectivity index (χ3n) is 3.31. The van der Waals surface area contributed by atoms with E-state index in [0.717, 1.165) is 6.07 Å². The monoisotopic (exact) mass is 378 g/mol. The van der Waals surface area contributed by atoms with Crippen LogP contribution < -0.4 is 21.3 Å². The smallest absolute Gasteiger partial charge is 0.355 e. The van der Waals surface area contributed by atoms with Crippen molar-refractivity contribution < 1.29 is 24.0 Å². The Bertz CT molecular complexity index is 995. The SMILES string of the molecule is COc1cc(NC(=O)COC(=O)c2cc(=O)[nH]c(=O)[nH]2)c(C)cc1[N+](=O)[O-]. The maximum atomic E-state index is 11.9. The average Bonchev–Trinajstić information content (AvgIpc) is 2.60. The van der Waals surface area contributed by atoms with Crippen LogP contribution >= 0.6 is 0 Å². The van der Waals surface area contributed by atoms with Gasteiger partial charge in [-0.1, -0.05) is 0 Å². The van der Waals surface area contributed by atoms with Gasteiger partial charge in [0.2, 0.25) is 0 Å². The minimum absolute atomic E-state index is 0.0565. The first-order chi connectivity index (χ1) is 12.7. The molecule has 1 heterocycles. The Morgan fingerprint density at radius 3 is 2.52 bits per heavy atom. The predicted octanol–water partition coefficient (Wildman–Crippen LogP) is 0.0839. The fourth-order valence-electron chi connectivity index (χ4n) is 2.09. The maximum absolute atomic E-state index is 11.9. The zero-order valence-corrected chi connectivity index (χ0v) is 14.2. The molecule has 2 aromatic rings. The van der Waals surface area contributed by atoms with E-state index in [4.69, 9.17) is 9.47 Å². The Morgan fingerprint density at radius 2 is 1.93 bits per heavy atom. The summed E-state index contributed by atoms with van der Waals surface area (Å²) in [5, 5.41) is 13.4. The van der Waals surface area contributed by atoms with Crippen LogP contribution in [0.15, 0.2) is 27.8 Å². The highest BCUT2D eigenvalue weighted by Gasteiger charge is 2.19. The standard InChI is InChI=1S/C15H14N4O8/c1-7-3-10(19(24)25)11(26-2)4-8(7)16-13(21)6-27-14(22)9-5-12(20)18-15(23)17-9/h3-5H,6H2,1-2H3,(H,16,21)(H2,17,18,20,23). The second-order valence-electron chi connectivity index (χ2n) is 5.22. The first-order valence-electron chi connectivity index (χ1n) is 7.35. The highest BCUT2D eigenvalue weighted by molar-refractivity contribution is 5.95. The van der Waals surface area contributed by atoms with Crippen LogP contribution in [0.1, 0.15) is 16.1 Å². The van der Waals surface area contributed by atoms with Gasteiger partial charge in [0.15, 0.2) is 12.4 Å². The predicted molar refractivity (Wildman–Crippen MR) is 91.0 cm³/mol.